The highest BCUT2D eigenvalue weighted by atomic mass is 32.2. The van der Waals surface area contributed by atoms with Crippen LogP contribution in [0, 0.1) is 12.8 Å². The van der Waals surface area contributed by atoms with E-state index in [-0.39, 0.29) is 6.42 Å². The molecule has 4 unspecified atom stereocenters. The van der Waals surface area contributed by atoms with Gasteiger partial charge < -0.3 is 15.8 Å². The minimum atomic E-state index is -4.73. The van der Waals surface area contributed by atoms with Crippen LogP contribution in [0.1, 0.15) is 43.5 Å². The number of fused-ring (bicyclic) bond motifs is 1. The van der Waals surface area contributed by atoms with Crippen LogP contribution in [0.15, 0.2) is 23.5 Å². The smallest absolute Gasteiger partial charge is 0.415 e. The summed E-state index contributed by atoms with van der Waals surface area (Å²) in [6.07, 6.45) is -4.08. The van der Waals surface area contributed by atoms with Gasteiger partial charge in [-0.2, -0.15) is 24.9 Å². The first kappa shape index (κ1) is 24.1. The third kappa shape index (κ3) is 4.91. The van der Waals surface area contributed by atoms with Gasteiger partial charge in [0.25, 0.3) is 0 Å². The lowest BCUT2D eigenvalue weighted by molar-refractivity contribution is -0.0988. The van der Waals surface area contributed by atoms with Gasteiger partial charge in [0.05, 0.1) is 18.2 Å². The first-order valence-corrected chi connectivity index (χ1v) is 12.2. The van der Waals surface area contributed by atoms with Crippen molar-refractivity contribution in [2.24, 2.45) is 11.7 Å². The lowest BCUT2D eigenvalue weighted by atomic mass is 9.82. The highest BCUT2D eigenvalue weighted by Gasteiger charge is 2.44. The number of nitrogens with zero attached hydrogens (tertiary/aromatic N) is 2. The molecule has 2 aliphatic rings. The van der Waals surface area contributed by atoms with Gasteiger partial charge in [-0.15, -0.1) is 0 Å². The van der Waals surface area contributed by atoms with Crippen molar-refractivity contribution < 1.29 is 22.3 Å². The summed E-state index contributed by atoms with van der Waals surface area (Å²) in [5.41, 5.74) is 6.44. The number of benzene rings is 1. The standard InChI is InChI=1S/C23H28F4N4OS/c1-11(15-6-14(28)7-18(21(15)24)23(25,26)27)29-22-17-8-16(13-4-5-33-10-13)20(32-3)9-19(17)30-12(2)31-22/h8-9,11,13-15H,4-7,10,28H2,1-3H3,(H,29,30,31). The monoisotopic (exact) mass is 484 g/mol. The average molecular weight is 485 g/mol. The summed E-state index contributed by atoms with van der Waals surface area (Å²) in [5, 5.41) is 3.92. The number of nitrogens with two attached hydrogens (primary N) is 1. The molecule has 1 aromatic carbocycles. The molecule has 10 heteroatoms. The number of aryl methyl sites for hydroxylation is 1. The molecule has 4 rings (SSSR count). The van der Waals surface area contributed by atoms with Gasteiger partial charge in [-0.25, -0.2) is 14.4 Å². The molecule has 0 spiro atoms. The molecule has 0 radical (unpaired) electrons. The molecule has 4 atom stereocenters. The lowest BCUT2D eigenvalue weighted by Crippen LogP contribution is -2.39. The topological polar surface area (TPSA) is 73.1 Å². The van der Waals surface area contributed by atoms with Crippen LogP contribution in [0.2, 0.25) is 0 Å². The molecule has 2 heterocycles. The Kier molecular flexibility index (Phi) is 6.77. The molecule has 33 heavy (non-hydrogen) atoms. The fourth-order valence-electron chi connectivity index (χ4n) is 4.76. The molecular formula is C23H28F4N4OS. The van der Waals surface area contributed by atoms with Gasteiger partial charge in [0.1, 0.15) is 23.2 Å². The number of halogens is 4. The molecule has 0 amide bonds. The van der Waals surface area contributed by atoms with Gasteiger partial charge in [-0.3, -0.25) is 0 Å². The van der Waals surface area contributed by atoms with E-state index in [0.29, 0.717) is 23.1 Å². The zero-order chi connectivity index (χ0) is 23.9. The SMILES string of the molecule is COc1cc2nc(C)nc(NC(C)C3CC(N)CC(C(F)(F)F)=C3F)c2cc1C1CCSC1. The largest absolute Gasteiger partial charge is 0.496 e. The van der Waals surface area contributed by atoms with Crippen molar-refractivity contribution in [3.8, 4) is 5.75 Å². The molecule has 5 nitrogen and oxygen atoms in total. The Morgan fingerprint density at radius 2 is 2.03 bits per heavy atom. The molecule has 0 saturated carbocycles. The lowest BCUT2D eigenvalue weighted by Gasteiger charge is -2.33. The van der Waals surface area contributed by atoms with Gasteiger partial charge >= 0.3 is 6.18 Å². The maximum atomic E-state index is 14.9. The minimum Gasteiger partial charge on any atom is -0.496 e. The zero-order valence-corrected chi connectivity index (χ0v) is 19.6. The second-order valence-corrected chi connectivity index (χ2v) is 10.0. The van der Waals surface area contributed by atoms with Crippen molar-refractivity contribution in [1.29, 1.82) is 0 Å². The molecular weight excluding hydrogens is 456 g/mol. The quantitative estimate of drug-likeness (QED) is 0.547. The van der Waals surface area contributed by atoms with E-state index in [1.54, 1.807) is 21.0 Å². The number of aromatic nitrogens is 2. The molecule has 1 aromatic heterocycles. The maximum absolute atomic E-state index is 14.9. The normalized spacial score (nSPS) is 24.9. The van der Waals surface area contributed by atoms with E-state index in [1.165, 1.54) is 0 Å². The van der Waals surface area contributed by atoms with E-state index in [1.807, 2.05) is 23.9 Å². The Balaban J connectivity index is 1.72. The number of hydrogen-bond acceptors (Lipinski definition) is 6. The highest BCUT2D eigenvalue weighted by molar-refractivity contribution is 7.99. The number of anilines is 1. The molecule has 1 saturated heterocycles. The molecule has 3 N–H and O–H groups in total. The molecule has 0 bridgehead atoms. The van der Waals surface area contributed by atoms with Crippen LogP contribution in [-0.2, 0) is 0 Å². The van der Waals surface area contributed by atoms with Crippen LogP contribution < -0.4 is 15.8 Å². The highest BCUT2D eigenvalue weighted by Crippen LogP contribution is 2.43. The summed E-state index contributed by atoms with van der Waals surface area (Å²) in [6.45, 7) is 3.40. The van der Waals surface area contributed by atoms with Crippen molar-refractivity contribution in [2.45, 2.75) is 57.3 Å². The summed E-state index contributed by atoms with van der Waals surface area (Å²) in [7, 11) is 1.63. The number of rotatable bonds is 5. The summed E-state index contributed by atoms with van der Waals surface area (Å²) in [4.78, 5) is 9.03. The van der Waals surface area contributed by atoms with Crippen molar-refractivity contribution in [3.05, 3.63) is 34.9 Å². The van der Waals surface area contributed by atoms with E-state index in [4.69, 9.17) is 10.5 Å². The van der Waals surface area contributed by atoms with E-state index in [0.717, 1.165) is 34.6 Å². The Morgan fingerprint density at radius 3 is 2.67 bits per heavy atom. The number of ether oxygens (including phenoxy) is 1. The fourth-order valence-corrected chi connectivity index (χ4v) is 6.01. The van der Waals surface area contributed by atoms with E-state index in [2.05, 4.69) is 15.3 Å². The second-order valence-electron chi connectivity index (χ2n) is 8.85. The van der Waals surface area contributed by atoms with Gasteiger partial charge in [0, 0.05) is 35.2 Å². The summed E-state index contributed by atoms with van der Waals surface area (Å²) in [5.74, 6) is 2.00. The van der Waals surface area contributed by atoms with Gasteiger partial charge in [0.15, 0.2) is 0 Å². The van der Waals surface area contributed by atoms with Crippen LogP contribution in [0.3, 0.4) is 0 Å². The predicted octanol–water partition coefficient (Wildman–Crippen LogP) is 5.49. The van der Waals surface area contributed by atoms with Crippen LogP contribution >= 0.6 is 11.8 Å². The number of methoxy groups -OCH3 is 1. The maximum Gasteiger partial charge on any atom is 0.415 e. The Bertz CT molecular complexity index is 1070. The van der Waals surface area contributed by atoms with Crippen molar-refractivity contribution in [2.75, 3.05) is 23.9 Å². The third-order valence-corrected chi connectivity index (χ3v) is 7.64. The Labute approximate surface area is 194 Å². The van der Waals surface area contributed by atoms with Crippen LogP contribution in [0.4, 0.5) is 23.4 Å². The van der Waals surface area contributed by atoms with Gasteiger partial charge in [-0.1, -0.05) is 0 Å². The second kappa shape index (κ2) is 9.29. The number of nitrogens with one attached hydrogen (secondary N) is 1. The van der Waals surface area contributed by atoms with Gasteiger partial charge in [-0.05, 0) is 56.4 Å². The summed E-state index contributed by atoms with van der Waals surface area (Å²) < 4.78 is 60.6. The van der Waals surface area contributed by atoms with Crippen molar-refractivity contribution >= 4 is 28.5 Å². The predicted molar refractivity (Wildman–Crippen MR) is 123 cm³/mol. The van der Waals surface area contributed by atoms with Crippen LogP contribution in [0.5, 0.6) is 5.75 Å². The van der Waals surface area contributed by atoms with Crippen LogP contribution in [-0.4, -0.2) is 46.8 Å². The van der Waals surface area contributed by atoms with E-state index >= 15 is 0 Å². The Hall–Kier alpha value is -2.07. The average Bonchev–Trinajstić information content (AvgIpc) is 3.28. The number of thioether (sulfide) groups is 1. The van der Waals surface area contributed by atoms with E-state index < -0.39 is 42.0 Å². The molecule has 1 aliphatic carbocycles. The molecule has 1 fully saturated rings. The van der Waals surface area contributed by atoms with Gasteiger partial charge in [0.2, 0.25) is 0 Å². The van der Waals surface area contributed by atoms with Crippen molar-refractivity contribution in [1.82, 2.24) is 9.97 Å². The number of alkyl halides is 3. The molecule has 1 aliphatic heterocycles. The molecule has 180 valence electrons. The minimum absolute atomic E-state index is 0.125. The zero-order valence-electron chi connectivity index (χ0n) is 18.8. The summed E-state index contributed by atoms with van der Waals surface area (Å²) in [6, 6.07) is 2.46. The third-order valence-electron chi connectivity index (χ3n) is 6.48. The Morgan fingerprint density at radius 1 is 1.27 bits per heavy atom. The fraction of sp³-hybridized carbons (Fsp3) is 0.565. The number of hydrogen-bond donors (Lipinski definition) is 2. The molecule has 2 aromatic rings. The first-order valence-electron chi connectivity index (χ1n) is 11.0. The van der Waals surface area contributed by atoms with Crippen molar-refractivity contribution in [3.63, 3.8) is 0 Å². The van der Waals surface area contributed by atoms with Crippen LogP contribution in [0.25, 0.3) is 10.9 Å². The van der Waals surface area contributed by atoms with E-state index in [9.17, 15) is 17.6 Å². The first-order chi connectivity index (χ1) is 15.6. The summed E-state index contributed by atoms with van der Waals surface area (Å²) >= 11 is 1.89.